The summed E-state index contributed by atoms with van der Waals surface area (Å²) in [6.45, 7) is 0. The van der Waals surface area contributed by atoms with Crippen molar-refractivity contribution in [1.82, 2.24) is 9.97 Å². The Hall–Kier alpha value is -2.06. The molecule has 0 aliphatic carbocycles. The van der Waals surface area contributed by atoms with Crippen LogP contribution in [0.15, 0.2) is 6.20 Å². The van der Waals surface area contributed by atoms with E-state index < -0.39 is 24.0 Å². The standard InChI is InChI=1S/C6H4F3N3O3/c7-6(8,9)15-5-11-1-2(10)3(12-5)4(13)14/h1H,10H2,(H,13,14). The number of nitrogens with zero attached hydrogens (tertiary/aromatic N) is 2. The molecule has 6 nitrogen and oxygen atoms in total. The quantitative estimate of drug-likeness (QED) is 0.763. The Balaban J connectivity index is 3.03. The van der Waals surface area contributed by atoms with Gasteiger partial charge in [-0.25, -0.2) is 9.78 Å². The molecular weight excluding hydrogens is 219 g/mol. The average Bonchev–Trinajstić information content (AvgIpc) is 2.05. The number of aromatic carboxylic acids is 1. The Morgan fingerprint density at radius 2 is 2.13 bits per heavy atom. The molecule has 15 heavy (non-hydrogen) atoms. The van der Waals surface area contributed by atoms with Crippen LogP contribution in [0.1, 0.15) is 10.5 Å². The molecule has 0 saturated heterocycles. The van der Waals surface area contributed by atoms with Gasteiger partial charge in [-0.2, -0.15) is 4.98 Å². The van der Waals surface area contributed by atoms with E-state index in [1.807, 2.05) is 0 Å². The maximum absolute atomic E-state index is 11.7. The largest absolute Gasteiger partial charge is 0.575 e. The van der Waals surface area contributed by atoms with E-state index in [2.05, 4.69) is 14.7 Å². The van der Waals surface area contributed by atoms with E-state index in [0.29, 0.717) is 0 Å². The highest BCUT2D eigenvalue weighted by atomic mass is 19.4. The first-order valence-electron chi connectivity index (χ1n) is 3.41. The van der Waals surface area contributed by atoms with Gasteiger partial charge in [0.2, 0.25) is 0 Å². The summed E-state index contributed by atoms with van der Waals surface area (Å²) in [5, 5.41) is 8.48. The van der Waals surface area contributed by atoms with Gasteiger partial charge in [-0.3, -0.25) is 0 Å². The summed E-state index contributed by atoms with van der Waals surface area (Å²) in [6.07, 6.45) is -4.26. The molecule has 1 heterocycles. The van der Waals surface area contributed by atoms with Crippen molar-refractivity contribution >= 4 is 11.7 Å². The molecule has 0 unspecified atom stereocenters. The van der Waals surface area contributed by atoms with Crippen molar-refractivity contribution in [2.24, 2.45) is 0 Å². The molecule has 1 rings (SSSR count). The number of hydrogen-bond acceptors (Lipinski definition) is 5. The van der Waals surface area contributed by atoms with Gasteiger partial charge < -0.3 is 15.6 Å². The highest BCUT2D eigenvalue weighted by Gasteiger charge is 2.33. The second kappa shape index (κ2) is 3.59. The van der Waals surface area contributed by atoms with Crippen LogP contribution in [0.5, 0.6) is 6.01 Å². The molecule has 0 amide bonds. The van der Waals surface area contributed by atoms with Crippen LogP contribution in [0, 0.1) is 0 Å². The van der Waals surface area contributed by atoms with Crippen molar-refractivity contribution in [1.29, 1.82) is 0 Å². The van der Waals surface area contributed by atoms with E-state index in [9.17, 15) is 18.0 Å². The monoisotopic (exact) mass is 223 g/mol. The lowest BCUT2D eigenvalue weighted by Gasteiger charge is -2.07. The second-order valence-corrected chi connectivity index (χ2v) is 2.31. The molecule has 82 valence electrons. The van der Waals surface area contributed by atoms with Gasteiger partial charge in [-0.1, -0.05) is 0 Å². The van der Waals surface area contributed by atoms with Crippen molar-refractivity contribution in [3.8, 4) is 6.01 Å². The Kier molecular flexibility index (Phi) is 2.64. The molecule has 0 atom stereocenters. The summed E-state index contributed by atoms with van der Waals surface area (Å²) in [6, 6.07) is -1.12. The number of carbonyl (C=O) groups is 1. The average molecular weight is 223 g/mol. The number of halogens is 3. The van der Waals surface area contributed by atoms with E-state index >= 15 is 0 Å². The van der Waals surface area contributed by atoms with Crippen LogP contribution in [0.2, 0.25) is 0 Å². The predicted molar refractivity (Wildman–Crippen MR) is 40.1 cm³/mol. The first kappa shape index (κ1) is 11.0. The predicted octanol–water partition coefficient (Wildman–Crippen LogP) is 0.656. The lowest BCUT2D eigenvalue weighted by atomic mass is 10.3. The van der Waals surface area contributed by atoms with Crippen LogP contribution >= 0.6 is 0 Å². The number of aromatic nitrogens is 2. The van der Waals surface area contributed by atoms with Crippen LogP contribution < -0.4 is 10.5 Å². The molecule has 0 aliphatic heterocycles. The van der Waals surface area contributed by atoms with Gasteiger partial charge in [-0.05, 0) is 0 Å². The van der Waals surface area contributed by atoms with Crippen molar-refractivity contribution in [3.63, 3.8) is 0 Å². The zero-order valence-corrected chi connectivity index (χ0v) is 6.95. The number of nitrogens with two attached hydrogens (primary N) is 1. The van der Waals surface area contributed by atoms with Crippen molar-refractivity contribution in [2.45, 2.75) is 6.36 Å². The van der Waals surface area contributed by atoms with E-state index in [0.717, 1.165) is 6.20 Å². The fraction of sp³-hybridized carbons (Fsp3) is 0.167. The van der Waals surface area contributed by atoms with Crippen LogP contribution in [0.4, 0.5) is 18.9 Å². The third kappa shape index (κ3) is 2.97. The topological polar surface area (TPSA) is 98.3 Å². The van der Waals surface area contributed by atoms with Crippen molar-refractivity contribution in [3.05, 3.63) is 11.9 Å². The van der Waals surface area contributed by atoms with Gasteiger partial charge in [0.25, 0.3) is 0 Å². The maximum atomic E-state index is 11.7. The van der Waals surface area contributed by atoms with Crippen molar-refractivity contribution in [2.75, 3.05) is 5.73 Å². The lowest BCUT2D eigenvalue weighted by molar-refractivity contribution is -0.277. The Labute approximate surface area is 80.5 Å². The molecule has 0 spiro atoms. The summed E-state index contributed by atoms with van der Waals surface area (Å²) in [4.78, 5) is 16.5. The van der Waals surface area contributed by atoms with E-state index in [-0.39, 0.29) is 5.69 Å². The van der Waals surface area contributed by atoms with Crippen LogP contribution in [0.25, 0.3) is 0 Å². The van der Waals surface area contributed by atoms with E-state index in [1.165, 1.54) is 0 Å². The number of anilines is 1. The molecule has 0 aromatic carbocycles. The molecule has 0 bridgehead atoms. The van der Waals surface area contributed by atoms with Crippen LogP contribution in [-0.2, 0) is 0 Å². The summed E-state index contributed by atoms with van der Waals surface area (Å²) < 4.78 is 38.4. The normalized spacial score (nSPS) is 11.1. The van der Waals surface area contributed by atoms with Crippen molar-refractivity contribution < 1.29 is 27.8 Å². The summed E-state index contributed by atoms with van der Waals surface area (Å²) in [5.41, 5.74) is 4.02. The minimum absolute atomic E-state index is 0.350. The second-order valence-electron chi connectivity index (χ2n) is 2.31. The molecule has 0 aliphatic rings. The smallest absolute Gasteiger partial charge is 0.476 e. The van der Waals surface area contributed by atoms with Gasteiger partial charge in [0.15, 0.2) is 5.69 Å². The third-order valence-corrected chi connectivity index (χ3v) is 1.20. The number of carboxylic acid groups (broad SMARTS) is 1. The van der Waals surface area contributed by atoms with Gasteiger partial charge in [-0.15, -0.1) is 13.2 Å². The third-order valence-electron chi connectivity index (χ3n) is 1.20. The fourth-order valence-electron chi connectivity index (χ4n) is 0.699. The molecule has 0 saturated carbocycles. The Morgan fingerprint density at radius 3 is 2.60 bits per heavy atom. The summed E-state index contributed by atoms with van der Waals surface area (Å²) in [5.74, 6) is -1.57. The molecule has 1 aromatic rings. The fourth-order valence-corrected chi connectivity index (χ4v) is 0.699. The number of alkyl halides is 3. The number of hydrogen-bond donors (Lipinski definition) is 2. The SMILES string of the molecule is Nc1cnc(OC(F)(F)F)nc1C(=O)O. The molecular formula is C6H4F3N3O3. The molecule has 0 radical (unpaired) electrons. The zero-order chi connectivity index (χ0) is 11.6. The first-order valence-corrected chi connectivity index (χ1v) is 3.41. The summed E-state index contributed by atoms with van der Waals surface area (Å²) >= 11 is 0. The molecule has 9 heteroatoms. The minimum atomic E-state index is -4.98. The zero-order valence-electron chi connectivity index (χ0n) is 6.95. The number of rotatable bonds is 2. The van der Waals surface area contributed by atoms with Crippen LogP contribution in [0.3, 0.4) is 0 Å². The lowest BCUT2D eigenvalue weighted by Crippen LogP contribution is -2.20. The number of nitrogen functional groups attached to an aromatic ring is 1. The Morgan fingerprint density at radius 1 is 1.53 bits per heavy atom. The van der Waals surface area contributed by atoms with E-state index in [4.69, 9.17) is 10.8 Å². The Bertz CT molecular complexity index is 393. The molecule has 0 fully saturated rings. The molecule has 3 N–H and O–H groups in total. The minimum Gasteiger partial charge on any atom is -0.476 e. The van der Waals surface area contributed by atoms with Crippen LogP contribution in [-0.4, -0.2) is 27.4 Å². The van der Waals surface area contributed by atoms with Gasteiger partial charge in [0.1, 0.15) is 0 Å². The summed E-state index contributed by atoms with van der Waals surface area (Å²) in [7, 11) is 0. The highest BCUT2D eigenvalue weighted by molar-refractivity contribution is 5.91. The number of carboxylic acids is 1. The highest BCUT2D eigenvalue weighted by Crippen LogP contribution is 2.20. The van der Waals surface area contributed by atoms with Gasteiger partial charge in [0, 0.05) is 0 Å². The van der Waals surface area contributed by atoms with Gasteiger partial charge >= 0.3 is 18.3 Å². The van der Waals surface area contributed by atoms with E-state index in [1.54, 1.807) is 0 Å². The first-order chi connectivity index (χ1) is 6.79. The maximum Gasteiger partial charge on any atom is 0.575 e. The molecule has 1 aromatic heterocycles. The van der Waals surface area contributed by atoms with Gasteiger partial charge in [0.05, 0.1) is 11.9 Å². The number of ether oxygens (including phenoxy) is 1.